The van der Waals surface area contributed by atoms with Crippen LogP contribution in [-0.4, -0.2) is 21.0 Å². The summed E-state index contributed by atoms with van der Waals surface area (Å²) in [5.41, 5.74) is 4.88. The van der Waals surface area contributed by atoms with Gasteiger partial charge in [-0.25, -0.2) is 9.78 Å². The Morgan fingerprint density at radius 2 is 2.36 bits per heavy atom. The molecule has 0 fully saturated rings. The highest BCUT2D eigenvalue weighted by molar-refractivity contribution is 7.20. The van der Waals surface area contributed by atoms with Crippen molar-refractivity contribution >= 4 is 33.5 Å². The lowest BCUT2D eigenvalue weighted by atomic mass is 10.3. The van der Waals surface area contributed by atoms with Crippen molar-refractivity contribution in [2.24, 2.45) is 0 Å². The van der Waals surface area contributed by atoms with E-state index in [2.05, 4.69) is 9.97 Å². The third-order valence-electron chi connectivity index (χ3n) is 1.63. The number of hydrogen-bond donors (Lipinski definition) is 3. The normalized spacial score (nSPS) is 10.6. The molecule has 2 aromatic rings. The first-order valence-electron chi connectivity index (χ1n) is 3.60. The van der Waals surface area contributed by atoms with Crippen LogP contribution in [0.25, 0.3) is 10.2 Å². The fourth-order valence-electron chi connectivity index (χ4n) is 1.05. The summed E-state index contributed by atoms with van der Waals surface area (Å²) < 4.78 is 0. The van der Waals surface area contributed by atoms with Crippen molar-refractivity contribution in [3.63, 3.8) is 0 Å². The van der Waals surface area contributed by atoms with Crippen molar-refractivity contribution in [1.82, 2.24) is 9.97 Å². The number of nitrogens with one attached hydrogen (secondary N) is 1. The average molecular weight is 211 g/mol. The molecule has 0 saturated heterocycles. The van der Waals surface area contributed by atoms with Gasteiger partial charge in [0.1, 0.15) is 9.71 Å². The summed E-state index contributed by atoms with van der Waals surface area (Å²) in [7, 11) is 0. The van der Waals surface area contributed by atoms with E-state index in [4.69, 9.17) is 10.8 Å². The van der Waals surface area contributed by atoms with Crippen molar-refractivity contribution in [1.29, 1.82) is 0 Å². The second-order valence-corrected chi connectivity index (χ2v) is 3.62. The SMILES string of the molecule is Nc1nc2sc(C(=O)O)cc2c(=O)[nH]1. The Labute approximate surface area is 81.0 Å². The molecule has 0 amide bonds. The molecular weight excluding hydrogens is 206 g/mol. The van der Waals surface area contributed by atoms with Crippen LogP contribution in [0.5, 0.6) is 0 Å². The van der Waals surface area contributed by atoms with E-state index in [0.29, 0.717) is 4.83 Å². The second-order valence-electron chi connectivity index (χ2n) is 2.59. The fourth-order valence-corrected chi connectivity index (χ4v) is 1.93. The number of aromatic amines is 1. The largest absolute Gasteiger partial charge is 0.477 e. The van der Waals surface area contributed by atoms with Gasteiger partial charge in [-0.3, -0.25) is 9.78 Å². The molecule has 6 nitrogen and oxygen atoms in total. The summed E-state index contributed by atoms with van der Waals surface area (Å²) in [5, 5.41) is 8.94. The van der Waals surface area contributed by atoms with Crippen LogP contribution in [0.1, 0.15) is 9.67 Å². The number of aromatic carboxylic acids is 1. The maximum Gasteiger partial charge on any atom is 0.345 e. The van der Waals surface area contributed by atoms with Gasteiger partial charge < -0.3 is 10.8 Å². The van der Waals surface area contributed by atoms with Crippen LogP contribution in [-0.2, 0) is 0 Å². The van der Waals surface area contributed by atoms with Gasteiger partial charge in [-0.05, 0) is 6.07 Å². The predicted octanol–water partition coefficient (Wildman–Crippen LogP) is 0.265. The molecule has 0 saturated carbocycles. The van der Waals surface area contributed by atoms with Gasteiger partial charge in [-0.1, -0.05) is 0 Å². The topological polar surface area (TPSA) is 109 Å². The third kappa shape index (κ3) is 1.23. The Morgan fingerprint density at radius 1 is 1.64 bits per heavy atom. The van der Waals surface area contributed by atoms with Gasteiger partial charge in [-0.15, -0.1) is 11.3 Å². The van der Waals surface area contributed by atoms with Gasteiger partial charge in [-0.2, -0.15) is 0 Å². The summed E-state index contributed by atoms with van der Waals surface area (Å²) in [6, 6.07) is 1.29. The number of aromatic nitrogens is 2. The minimum absolute atomic E-state index is 0.0127. The Bertz CT molecular complexity index is 571. The number of anilines is 1. The van der Waals surface area contributed by atoms with E-state index in [0.717, 1.165) is 11.3 Å². The molecule has 0 spiro atoms. The predicted molar refractivity (Wildman–Crippen MR) is 51.6 cm³/mol. The number of nitrogen functional groups attached to an aromatic ring is 1. The number of carbonyl (C=O) groups is 1. The molecule has 0 aliphatic carbocycles. The lowest BCUT2D eigenvalue weighted by Crippen LogP contribution is -2.09. The van der Waals surface area contributed by atoms with Gasteiger partial charge in [0, 0.05) is 0 Å². The molecule has 0 aliphatic heterocycles. The van der Waals surface area contributed by atoms with Crippen LogP contribution in [0.3, 0.4) is 0 Å². The number of fused-ring (bicyclic) bond motifs is 1. The Balaban J connectivity index is 2.83. The number of carboxylic acid groups (broad SMARTS) is 1. The highest BCUT2D eigenvalue weighted by Crippen LogP contribution is 2.20. The number of nitrogens with two attached hydrogens (primary N) is 1. The molecule has 7 heteroatoms. The lowest BCUT2D eigenvalue weighted by Gasteiger charge is -1.89. The van der Waals surface area contributed by atoms with Crippen LogP contribution in [0.4, 0.5) is 5.95 Å². The lowest BCUT2D eigenvalue weighted by molar-refractivity contribution is 0.0702. The molecule has 72 valence electrons. The van der Waals surface area contributed by atoms with E-state index in [1.165, 1.54) is 6.07 Å². The van der Waals surface area contributed by atoms with Crippen LogP contribution >= 0.6 is 11.3 Å². The number of carboxylic acids is 1. The number of nitrogens with zero attached hydrogens (tertiary/aromatic N) is 1. The fraction of sp³-hybridized carbons (Fsp3) is 0. The van der Waals surface area contributed by atoms with Crippen molar-refractivity contribution < 1.29 is 9.90 Å². The molecule has 2 heterocycles. The monoisotopic (exact) mass is 211 g/mol. The molecule has 0 atom stereocenters. The third-order valence-corrected chi connectivity index (χ3v) is 2.65. The summed E-state index contributed by atoms with van der Waals surface area (Å²) in [6.07, 6.45) is 0. The molecule has 0 aliphatic rings. The quantitative estimate of drug-likeness (QED) is 0.627. The molecule has 2 rings (SSSR count). The maximum atomic E-state index is 11.3. The number of H-pyrrole nitrogens is 1. The van der Waals surface area contributed by atoms with Crippen molar-refractivity contribution in [3.8, 4) is 0 Å². The molecule has 14 heavy (non-hydrogen) atoms. The van der Waals surface area contributed by atoms with Gasteiger partial charge in [0.05, 0.1) is 5.39 Å². The smallest absolute Gasteiger partial charge is 0.345 e. The zero-order chi connectivity index (χ0) is 10.3. The summed E-state index contributed by atoms with van der Waals surface area (Å²) >= 11 is 0.923. The number of hydrogen-bond acceptors (Lipinski definition) is 5. The van der Waals surface area contributed by atoms with E-state index in [1.54, 1.807) is 0 Å². The van der Waals surface area contributed by atoms with E-state index < -0.39 is 11.5 Å². The van der Waals surface area contributed by atoms with Crippen molar-refractivity contribution in [3.05, 3.63) is 21.3 Å². The van der Waals surface area contributed by atoms with E-state index in [-0.39, 0.29) is 16.2 Å². The van der Waals surface area contributed by atoms with Gasteiger partial charge in [0.15, 0.2) is 0 Å². The van der Waals surface area contributed by atoms with Gasteiger partial charge >= 0.3 is 5.97 Å². The van der Waals surface area contributed by atoms with Crippen LogP contribution in [0.15, 0.2) is 10.9 Å². The van der Waals surface area contributed by atoms with Crippen molar-refractivity contribution in [2.45, 2.75) is 0 Å². The van der Waals surface area contributed by atoms with E-state index in [1.807, 2.05) is 0 Å². The molecule has 0 bridgehead atoms. The molecule has 0 radical (unpaired) electrons. The molecule has 0 unspecified atom stereocenters. The first-order chi connectivity index (χ1) is 6.58. The van der Waals surface area contributed by atoms with E-state index in [9.17, 15) is 9.59 Å². The van der Waals surface area contributed by atoms with Crippen LogP contribution < -0.4 is 11.3 Å². The molecule has 0 aromatic carbocycles. The molecule has 4 N–H and O–H groups in total. The standard InChI is InChI=1S/C7H5N3O3S/c8-7-9-4(11)2-1-3(6(12)13)14-5(2)10-7/h1H,(H,12,13)(H3,8,9,10,11). The highest BCUT2D eigenvalue weighted by Gasteiger charge is 2.11. The Kier molecular flexibility index (Phi) is 1.74. The average Bonchev–Trinajstić information content (AvgIpc) is 2.47. The first kappa shape index (κ1) is 8.70. The summed E-state index contributed by atoms with van der Waals surface area (Å²) in [4.78, 5) is 28.4. The second kappa shape index (κ2) is 2.81. The minimum atomic E-state index is -1.08. The zero-order valence-electron chi connectivity index (χ0n) is 6.77. The Hall–Kier alpha value is -1.89. The summed E-state index contributed by atoms with van der Waals surface area (Å²) in [6.45, 7) is 0. The number of rotatable bonds is 1. The molecule has 2 aromatic heterocycles. The van der Waals surface area contributed by atoms with Crippen LogP contribution in [0.2, 0.25) is 0 Å². The summed E-state index contributed by atoms with van der Waals surface area (Å²) in [5.74, 6) is -1.09. The van der Waals surface area contributed by atoms with Crippen LogP contribution in [0, 0.1) is 0 Å². The Morgan fingerprint density at radius 3 is 3.00 bits per heavy atom. The van der Waals surface area contributed by atoms with Crippen molar-refractivity contribution in [2.75, 3.05) is 5.73 Å². The first-order valence-corrected chi connectivity index (χ1v) is 4.42. The zero-order valence-corrected chi connectivity index (χ0v) is 7.59. The molecular formula is C7H5N3O3S. The van der Waals surface area contributed by atoms with Gasteiger partial charge in [0.25, 0.3) is 5.56 Å². The number of thiophene rings is 1. The highest BCUT2D eigenvalue weighted by atomic mass is 32.1. The minimum Gasteiger partial charge on any atom is -0.477 e. The van der Waals surface area contributed by atoms with Gasteiger partial charge in [0.2, 0.25) is 5.95 Å². The van der Waals surface area contributed by atoms with E-state index >= 15 is 0 Å². The maximum absolute atomic E-state index is 11.3.